The first-order chi connectivity index (χ1) is 9.24. The first kappa shape index (κ1) is 15.8. The van der Waals surface area contributed by atoms with E-state index in [-0.39, 0.29) is 11.6 Å². The van der Waals surface area contributed by atoms with Crippen molar-refractivity contribution in [2.45, 2.75) is 58.3 Å². The molecule has 0 bridgehead atoms. The lowest BCUT2D eigenvalue weighted by Crippen LogP contribution is -2.02. The number of benzene rings is 1. The Balaban J connectivity index is 2.03. The van der Waals surface area contributed by atoms with Gasteiger partial charge in [0.2, 0.25) is 0 Å². The first-order valence-corrected chi connectivity index (χ1v) is 7.46. The van der Waals surface area contributed by atoms with E-state index in [1.165, 1.54) is 63.1 Å². The summed E-state index contributed by atoms with van der Waals surface area (Å²) in [4.78, 5) is 0. The third-order valence-electron chi connectivity index (χ3n) is 3.30. The fraction of sp³-hybridized carbons (Fsp3) is 0.625. The molecule has 1 aromatic carbocycles. The fourth-order valence-corrected chi connectivity index (χ4v) is 2.13. The van der Waals surface area contributed by atoms with Crippen molar-refractivity contribution in [3.63, 3.8) is 0 Å². The fourth-order valence-electron chi connectivity index (χ4n) is 2.13. The van der Waals surface area contributed by atoms with Gasteiger partial charge in [0, 0.05) is 12.6 Å². The van der Waals surface area contributed by atoms with Crippen LogP contribution in [0.1, 0.15) is 58.3 Å². The van der Waals surface area contributed by atoms with Gasteiger partial charge >= 0.3 is 0 Å². The highest BCUT2D eigenvalue weighted by molar-refractivity contribution is 5.55. The van der Waals surface area contributed by atoms with Crippen LogP contribution >= 0.6 is 0 Å². The normalized spacial score (nSPS) is 10.6. The predicted molar refractivity (Wildman–Crippen MR) is 79.2 cm³/mol. The Labute approximate surface area is 116 Å². The summed E-state index contributed by atoms with van der Waals surface area (Å²) in [5.74, 6) is -0.211. The SMILES string of the molecule is CCCCCCCCCCNc1cc(F)ccc1O. The second kappa shape index (κ2) is 9.65. The third kappa shape index (κ3) is 7.04. The van der Waals surface area contributed by atoms with E-state index in [1.807, 2.05) is 0 Å². The molecule has 108 valence electrons. The van der Waals surface area contributed by atoms with Gasteiger partial charge < -0.3 is 10.4 Å². The van der Waals surface area contributed by atoms with E-state index in [4.69, 9.17) is 0 Å². The number of hydrogen-bond donors (Lipinski definition) is 2. The molecule has 0 radical (unpaired) electrons. The Kier molecular flexibility index (Phi) is 8.03. The molecule has 0 saturated carbocycles. The zero-order valence-corrected chi connectivity index (χ0v) is 11.9. The summed E-state index contributed by atoms with van der Waals surface area (Å²) in [6.45, 7) is 3.01. The zero-order valence-electron chi connectivity index (χ0n) is 11.9. The molecule has 3 heteroatoms. The number of rotatable bonds is 10. The van der Waals surface area contributed by atoms with Crippen LogP contribution in [-0.4, -0.2) is 11.7 Å². The summed E-state index contributed by atoms with van der Waals surface area (Å²) in [7, 11) is 0. The van der Waals surface area contributed by atoms with Gasteiger partial charge in [0.1, 0.15) is 11.6 Å². The summed E-state index contributed by atoms with van der Waals surface area (Å²) >= 11 is 0. The smallest absolute Gasteiger partial charge is 0.138 e. The van der Waals surface area contributed by atoms with E-state index in [2.05, 4.69) is 12.2 Å². The number of halogens is 1. The molecular weight excluding hydrogens is 241 g/mol. The lowest BCUT2D eigenvalue weighted by Gasteiger charge is -2.08. The maximum atomic E-state index is 13.0. The van der Waals surface area contributed by atoms with Crippen LogP contribution in [0.5, 0.6) is 5.75 Å². The minimum atomic E-state index is -0.323. The summed E-state index contributed by atoms with van der Waals surface area (Å²) in [5.41, 5.74) is 0.489. The Morgan fingerprint density at radius 3 is 2.32 bits per heavy atom. The van der Waals surface area contributed by atoms with Crippen molar-refractivity contribution in [1.29, 1.82) is 0 Å². The van der Waals surface area contributed by atoms with Crippen molar-refractivity contribution in [2.75, 3.05) is 11.9 Å². The van der Waals surface area contributed by atoms with Crippen molar-refractivity contribution in [3.05, 3.63) is 24.0 Å². The Hall–Kier alpha value is -1.25. The van der Waals surface area contributed by atoms with Crippen molar-refractivity contribution in [2.24, 2.45) is 0 Å². The summed E-state index contributed by atoms with van der Waals surface area (Å²) in [6, 6.07) is 3.97. The summed E-state index contributed by atoms with van der Waals surface area (Å²) < 4.78 is 13.0. The van der Waals surface area contributed by atoms with Gasteiger partial charge in [-0.15, -0.1) is 0 Å². The number of nitrogens with one attached hydrogen (secondary N) is 1. The number of phenolic OH excluding ortho intramolecular Hbond substituents is 1. The highest BCUT2D eigenvalue weighted by Crippen LogP contribution is 2.23. The van der Waals surface area contributed by atoms with Gasteiger partial charge in [-0.25, -0.2) is 4.39 Å². The molecule has 0 aliphatic carbocycles. The van der Waals surface area contributed by atoms with Gasteiger partial charge in [-0.3, -0.25) is 0 Å². The van der Waals surface area contributed by atoms with E-state index in [0.717, 1.165) is 13.0 Å². The first-order valence-electron chi connectivity index (χ1n) is 7.46. The van der Waals surface area contributed by atoms with Crippen molar-refractivity contribution in [3.8, 4) is 5.75 Å². The van der Waals surface area contributed by atoms with Crippen molar-refractivity contribution < 1.29 is 9.50 Å². The van der Waals surface area contributed by atoms with Gasteiger partial charge in [0.05, 0.1) is 5.69 Å². The molecule has 0 aromatic heterocycles. The Morgan fingerprint density at radius 2 is 1.63 bits per heavy atom. The third-order valence-corrected chi connectivity index (χ3v) is 3.30. The number of aromatic hydroxyl groups is 1. The minimum Gasteiger partial charge on any atom is -0.506 e. The van der Waals surface area contributed by atoms with Crippen LogP contribution in [0.3, 0.4) is 0 Å². The molecule has 0 unspecified atom stereocenters. The largest absolute Gasteiger partial charge is 0.506 e. The average Bonchev–Trinajstić information content (AvgIpc) is 2.40. The minimum absolute atomic E-state index is 0.112. The van der Waals surface area contributed by atoms with E-state index < -0.39 is 0 Å². The van der Waals surface area contributed by atoms with Crippen molar-refractivity contribution in [1.82, 2.24) is 0 Å². The number of hydrogen-bond acceptors (Lipinski definition) is 2. The monoisotopic (exact) mass is 267 g/mol. The molecule has 1 aromatic rings. The van der Waals surface area contributed by atoms with Crippen LogP contribution in [0, 0.1) is 5.82 Å². The average molecular weight is 267 g/mol. The molecule has 0 aliphatic heterocycles. The van der Waals surface area contributed by atoms with E-state index in [9.17, 15) is 9.50 Å². The van der Waals surface area contributed by atoms with Gasteiger partial charge in [-0.1, -0.05) is 51.9 Å². The van der Waals surface area contributed by atoms with Crippen LogP contribution in [0.25, 0.3) is 0 Å². The second-order valence-electron chi connectivity index (χ2n) is 5.06. The molecule has 0 amide bonds. The quantitative estimate of drug-likeness (QED) is 0.457. The molecule has 0 aliphatic rings. The summed E-state index contributed by atoms with van der Waals surface area (Å²) in [5, 5.41) is 12.6. The number of phenols is 1. The molecule has 0 heterocycles. The Bertz CT molecular complexity index is 355. The van der Waals surface area contributed by atoms with Crippen LogP contribution in [0.15, 0.2) is 18.2 Å². The molecule has 0 spiro atoms. The van der Waals surface area contributed by atoms with Crippen LogP contribution in [-0.2, 0) is 0 Å². The Morgan fingerprint density at radius 1 is 1.00 bits per heavy atom. The molecule has 2 N–H and O–H groups in total. The summed E-state index contributed by atoms with van der Waals surface area (Å²) in [6.07, 6.45) is 10.2. The van der Waals surface area contributed by atoms with Gasteiger partial charge in [-0.2, -0.15) is 0 Å². The maximum absolute atomic E-state index is 13.0. The predicted octanol–water partition coefficient (Wildman–Crippen LogP) is 5.08. The standard InChI is InChI=1S/C16H26FNO/c1-2-3-4-5-6-7-8-9-12-18-15-13-14(17)10-11-16(15)19/h10-11,13,18-19H,2-9,12H2,1H3. The molecule has 0 saturated heterocycles. The highest BCUT2D eigenvalue weighted by atomic mass is 19.1. The lowest BCUT2D eigenvalue weighted by molar-refractivity contribution is 0.475. The maximum Gasteiger partial charge on any atom is 0.138 e. The molecular formula is C16H26FNO. The molecule has 19 heavy (non-hydrogen) atoms. The van der Waals surface area contributed by atoms with Crippen LogP contribution in [0.2, 0.25) is 0 Å². The van der Waals surface area contributed by atoms with E-state index >= 15 is 0 Å². The zero-order chi connectivity index (χ0) is 13.9. The lowest BCUT2D eigenvalue weighted by atomic mass is 10.1. The molecule has 2 nitrogen and oxygen atoms in total. The van der Waals surface area contributed by atoms with Crippen LogP contribution < -0.4 is 5.32 Å². The number of anilines is 1. The molecule has 0 fully saturated rings. The topological polar surface area (TPSA) is 32.3 Å². The van der Waals surface area contributed by atoms with Gasteiger partial charge in [0.25, 0.3) is 0 Å². The van der Waals surface area contributed by atoms with E-state index in [0.29, 0.717) is 5.69 Å². The number of unbranched alkanes of at least 4 members (excludes halogenated alkanes) is 7. The second-order valence-corrected chi connectivity index (χ2v) is 5.06. The van der Waals surface area contributed by atoms with Crippen LogP contribution in [0.4, 0.5) is 10.1 Å². The molecule has 1 rings (SSSR count). The van der Waals surface area contributed by atoms with Gasteiger partial charge in [-0.05, 0) is 18.6 Å². The van der Waals surface area contributed by atoms with Gasteiger partial charge in [0.15, 0.2) is 0 Å². The van der Waals surface area contributed by atoms with Crippen molar-refractivity contribution >= 4 is 5.69 Å². The van der Waals surface area contributed by atoms with E-state index in [1.54, 1.807) is 0 Å². The molecule has 0 atom stereocenters. The highest BCUT2D eigenvalue weighted by Gasteiger charge is 2.01.